The highest BCUT2D eigenvalue weighted by Crippen LogP contribution is 2.65. The summed E-state index contributed by atoms with van der Waals surface area (Å²) in [6.07, 6.45) is 3.61. The second kappa shape index (κ2) is 4.19. The van der Waals surface area contributed by atoms with Crippen LogP contribution in [0.2, 0.25) is 0 Å². The van der Waals surface area contributed by atoms with Crippen LogP contribution >= 0.6 is 0 Å². The first-order chi connectivity index (χ1) is 9.38. The van der Waals surface area contributed by atoms with Crippen molar-refractivity contribution in [3.63, 3.8) is 0 Å². The van der Waals surface area contributed by atoms with Crippen molar-refractivity contribution >= 4 is 11.5 Å². The van der Waals surface area contributed by atoms with Crippen LogP contribution in [0.1, 0.15) is 33.6 Å². The quantitative estimate of drug-likeness (QED) is 0.657. The molecule has 106 valence electrons. The van der Waals surface area contributed by atoms with Crippen molar-refractivity contribution in [2.45, 2.75) is 33.6 Å². The highest BCUT2D eigenvalue weighted by atomic mass is 16.5. The molecule has 2 unspecified atom stereocenters. The Kier molecular flexibility index (Phi) is 2.80. The summed E-state index contributed by atoms with van der Waals surface area (Å²) in [5, 5.41) is 11.3. The fourth-order valence-electron chi connectivity index (χ4n) is 3.86. The van der Waals surface area contributed by atoms with E-state index in [1.54, 1.807) is 6.20 Å². The van der Waals surface area contributed by atoms with E-state index in [0.717, 1.165) is 23.5 Å². The highest BCUT2D eigenvalue weighted by Gasteiger charge is 2.64. The predicted octanol–water partition coefficient (Wildman–Crippen LogP) is 3.79. The molecule has 1 aromatic carbocycles. The number of hydroxylamine groups is 1. The molecule has 20 heavy (non-hydrogen) atoms. The molecule has 1 aromatic rings. The predicted molar refractivity (Wildman–Crippen MR) is 78.4 cm³/mol. The minimum Gasteiger partial charge on any atom is -0.294 e. The first kappa shape index (κ1) is 13.4. The number of nitrogens with zero attached hydrogens (tertiary/aromatic N) is 1. The monoisotopic (exact) mass is 271 g/mol. The van der Waals surface area contributed by atoms with Crippen molar-refractivity contribution in [2.75, 3.05) is 5.06 Å². The molecule has 0 saturated heterocycles. The van der Waals surface area contributed by atoms with Gasteiger partial charge in [-0.25, -0.2) is 5.06 Å². The lowest BCUT2D eigenvalue weighted by atomic mass is 9.70. The molecule has 0 spiro atoms. The van der Waals surface area contributed by atoms with Crippen molar-refractivity contribution in [3.8, 4) is 0 Å². The normalized spacial score (nSPS) is 32.9. The second-order valence-electron chi connectivity index (χ2n) is 6.74. The molecule has 0 aromatic heterocycles. The number of benzene rings is 1. The number of carbonyl (C=O) groups is 1. The molecule has 0 radical (unpaired) electrons. The van der Waals surface area contributed by atoms with E-state index in [0.29, 0.717) is 5.69 Å². The smallest absolute Gasteiger partial charge is 0.167 e. The molecule has 1 N–H and O–H groups in total. The van der Waals surface area contributed by atoms with Gasteiger partial charge in [-0.2, -0.15) is 0 Å². The lowest BCUT2D eigenvalue weighted by molar-refractivity contribution is -0.125. The van der Waals surface area contributed by atoms with Gasteiger partial charge in [0.05, 0.1) is 5.69 Å². The third-order valence-electron chi connectivity index (χ3n) is 5.65. The molecule has 0 amide bonds. The van der Waals surface area contributed by atoms with Crippen LogP contribution < -0.4 is 5.06 Å². The maximum atomic E-state index is 12.7. The summed E-state index contributed by atoms with van der Waals surface area (Å²) in [7, 11) is 0. The summed E-state index contributed by atoms with van der Waals surface area (Å²) in [5.41, 5.74) is 1.16. The van der Waals surface area contributed by atoms with Gasteiger partial charge < -0.3 is 0 Å². The first-order valence-electron chi connectivity index (χ1n) is 7.17. The lowest BCUT2D eigenvalue weighted by Gasteiger charge is -2.31. The number of para-hydroxylation sites is 1. The highest BCUT2D eigenvalue weighted by molar-refractivity contribution is 6.04. The number of carbonyl (C=O) groups excluding carboxylic acids is 1. The Morgan fingerprint density at radius 2 is 1.90 bits per heavy atom. The maximum absolute atomic E-state index is 12.7. The van der Waals surface area contributed by atoms with E-state index in [2.05, 4.69) is 20.8 Å². The molecule has 3 heteroatoms. The minimum atomic E-state index is -0.277. The standard InChI is InChI=1S/C17H21NO2/c1-16(2)14-9-10-17(16,3)15(19)13(14)11-18(20)12-7-5-4-6-8-12/h4-8,11,14,20H,9-10H2,1-3H3. The van der Waals surface area contributed by atoms with E-state index in [1.807, 2.05) is 30.3 Å². The maximum Gasteiger partial charge on any atom is 0.167 e. The van der Waals surface area contributed by atoms with Crippen LogP contribution in [0, 0.1) is 16.7 Å². The zero-order chi connectivity index (χ0) is 14.5. The fraction of sp³-hybridized carbons (Fsp3) is 0.471. The molecule has 2 fully saturated rings. The topological polar surface area (TPSA) is 40.5 Å². The number of hydrogen-bond acceptors (Lipinski definition) is 3. The van der Waals surface area contributed by atoms with Gasteiger partial charge in [-0.15, -0.1) is 0 Å². The van der Waals surface area contributed by atoms with Gasteiger partial charge in [0.25, 0.3) is 0 Å². The molecule has 3 nitrogen and oxygen atoms in total. The first-order valence-corrected chi connectivity index (χ1v) is 7.17. The number of allylic oxidation sites excluding steroid dienone is 1. The van der Waals surface area contributed by atoms with Crippen LogP contribution in [0.25, 0.3) is 0 Å². The van der Waals surface area contributed by atoms with Crippen molar-refractivity contribution in [1.29, 1.82) is 0 Å². The van der Waals surface area contributed by atoms with Gasteiger partial charge in [0.2, 0.25) is 0 Å². The number of ketones is 1. The van der Waals surface area contributed by atoms with Crippen LogP contribution in [0.3, 0.4) is 0 Å². The van der Waals surface area contributed by atoms with Crippen LogP contribution in [-0.4, -0.2) is 11.0 Å². The molecular weight excluding hydrogens is 250 g/mol. The van der Waals surface area contributed by atoms with Crippen molar-refractivity contribution in [1.82, 2.24) is 0 Å². The third-order valence-corrected chi connectivity index (χ3v) is 5.65. The van der Waals surface area contributed by atoms with Crippen molar-refractivity contribution in [2.24, 2.45) is 16.7 Å². The summed E-state index contributed by atoms with van der Waals surface area (Å²) in [5.74, 6) is 0.451. The van der Waals surface area contributed by atoms with Crippen LogP contribution in [0.15, 0.2) is 42.1 Å². The third kappa shape index (κ3) is 1.59. The number of fused-ring (bicyclic) bond motifs is 2. The van der Waals surface area contributed by atoms with E-state index < -0.39 is 0 Å². The average molecular weight is 271 g/mol. The van der Waals surface area contributed by atoms with Gasteiger partial charge in [-0.1, -0.05) is 39.0 Å². The van der Waals surface area contributed by atoms with Crippen molar-refractivity contribution in [3.05, 3.63) is 42.1 Å². The number of Topliss-reactive ketones (excluding diaryl/α,β-unsaturated/α-hetero) is 1. The number of hydrogen-bond donors (Lipinski definition) is 1. The Hall–Kier alpha value is -1.61. The minimum absolute atomic E-state index is 0.0204. The fourth-order valence-corrected chi connectivity index (χ4v) is 3.86. The largest absolute Gasteiger partial charge is 0.294 e. The van der Waals surface area contributed by atoms with E-state index in [-0.39, 0.29) is 22.5 Å². The van der Waals surface area contributed by atoms with Gasteiger partial charge in [0.15, 0.2) is 5.78 Å². The average Bonchev–Trinajstić information content (AvgIpc) is 2.74. The second-order valence-corrected chi connectivity index (χ2v) is 6.74. The van der Waals surface area contributed by atoms with Crippen LogP contribution in [0.4, 0.5) is 5.69 Å². The molecule has 2 aliphatic carbocycles. The Morgan fingerprint density at radius 3 is 2.45 bits per heavy atom. The molecule has 3 rings (SSSR count). The zero-order valence-electron chi connectivity index (χ0n) is 12.3. The molecule has 0 aliphatic heterocycles. The Bertz CT molecular complexity index is 576. The van der Waals surface area contributed by atoms with Gasteiger partial charge in [-0.3, -0.25) is 10.0 Å². The molecule has 2 bridgehead atoms. The SMILES string of the molecule is CC12CCC(C(=CN(O)c3ccccc3)C1=O)C2(C)C. The summed E-state index contributed by atoms with van der Waals surface area (Å²) in [6, 6.07) is 9.27. The van der Waals surface area contributed by atoms with Gasteiger partial charge >= 0.3 is 0 Å². The Balaban J connectivity index is 1.96. The summed E-state index contributed by atoms with van der Waals surface area (Å²) < 4.78 is 0. The summed E-state index contributed by atoms with van der Waals surface area (Å²) in [6.45, 7) is 6.42. The molecular formula is C17H21NO2. The van der Waals surface area contributed by atoms with Gasteiger partial charge in [-0.05, 0) is 36.3 Å². The Morgan fingerprint density at radius 1 is 1.25 bits per heavy atom. The summed E-state index contributed by atoms with van der Waals surface area (Å²) >= 11 is 0. The molecule has 2 atom stereocenters. The summed E-state index contributed by atoms with van der Waals surface area (Å²) in [4.78, 5) is 12.7. The molecule has 0 heterocycles. The number of anilines is 1. The van der Waals surface area contributed by atoms with Gasteiger partial charge in [0, 0.05) is 17.2 Å². The number of rotatable bonds is 2. The van der Waals surface area contributed by atoms with E-state index in [9.17, 15) is 10.0 Å². The Labute approximate surface area is 119 Å². The molecule has 2 saturated carbocycles. The van der Waals surface area contributed by atoms with E-state index >= 15 is 0 Å². The lowest BCUT2D eigenvalue weighted by Crippen LogP contribution is -2.32. The van der Waals surface area contributed by atoms with E-state index in [4.69, 9.17) is 0 Å². The van der Waals surface area contributed by atoms with Crippen LogP contribution in [-0.2, 0) is 4.79 Å². The van der Waals surface area contributed by atoms with Crippen molar-refractivity contribution < 1.29 is 10.0 Å². The van der Waals surface area contributed by atoms with Gasteiger partial charge in [0.1, 0.15) is 0 Å². The molecule has 2 aliphatic rings. The van der Waals surface area contributed by atoms with Crippen LogP contribution in [0.5, 0.6) is 0 Å². The van der Waals surface area contributed by atoms with E-state index in [1.165, 1.54) is 0 Å². The zero-order valence-corrected chi connectivity index (χ0v) is 12.3.